The van der Waals surface area contributed by atoms with Gasteiger partial charge in [0.15, 0.2) is 11.5 Å². The number of hydrogen-bond acceptors (Lipinski definition) is 2. The topological polar surface area (TPSA) is 30.2 Å². The molecule has 3 rings (SSSR count). The van der Waals surface area contributed by atoms with E-state index < -0.39 is 0 Å². The molecule has 0 aliphatic rings. The van der Waals surface area contributed by atoms with Crippen molar-refractivity contribution in [1.29, 1.82) is 0 Å². The second kappa shape index (κ2) is 4.80. The minimum Gasteiger partial charge on any atom is -0.218 e. The summed E-state index contributed by atoms with van der Waals surface area (Å²) in [4.78, 5) is 4.47. The molecule has 3 aromatic rings. The first-order valence-corrected chi connectivity index (χ1v) is 6.28. The third kappa shape index (κ3) is 2.47. The molecule has 0 saturated carbocycles. The zero-order chi connectivity index (χ0) is 13.2. The zero-order valence-corrected chi connectivity index (χ0v) is 10.7. The van der Waals surface area contributed by atoms with Gasteiger partial charge in [-0.05, 0) is 43.2 Å². The van der Waals surface area contributed by atoms with E-state index in [0.29, 0.717) is 6.42 Å². The first-order valence-electron chi connectivity index (χ1n) is 6.28. The molecule has 3 nitrogen and oxygen atoms in total. The Morgan fingerprint density at radius 1 is 1.11 bits per heavy atom. The maximum atomic E-state index is 13.1. The highest BCUT2D eigenvalue weighted by atomic mass is 19.1. The SMILES string of the molecule is Cc1cccc2nc(CCc3cccc(F)c3)nn12. The molecule has 0 aliphatic carbocycles. The minimum absolute atomic E-state index is 0.198. The number of hydrogen-bond donors (Lipinski definition) is 0. The number of rotatable bonds is 3. The van der Waals surface area contributed by atoms with Crippen LogP contribution in [0.3, 0.4) is 0 Å². The van der Waals surface area contributed by atoms with Gasteiger partial charge >= 0.3 is 0 Å². The van der Waals surface area contributed by atoms with E-state index in [1.165, 1.54) is 6.07 Å². The van der Waals surface area contributed by atoms with Crippen LogP contribution in [-0.4, -0.2) is 14.6 Å². The Bertz CT molecular complexity index is 718. The number of fused-ring (bicyclic) bond motifs is 1. The van der Waals surface area contributed by atoms with Crippen molar-refractivity contribution in [1.82, 2.24) is 14.6 Å². The predicted octanol–water partition coefficient (Wildman–Crippen LogP) is 2.96. The lowest BCUT2D eigenvalue weighted by Gasteiger charge is -1.98. The quantitative estimate of drug-likeness (QED) is 0.720. The first-order chi connectivity index (χ1) is 9.22. The Hall–Kier alpha value is -2.23. The van der Waals surface area contributed by atoms with E-state index in [1.807, 2.05) is 35.7 Å². The third-order valence-electron chi connectivity index (χ3n) is 3.12. The highest BCUT2D eigenvalue weighted by molar-refractivity contribution is 5.38. The van der Waals surface area contributed by atoms with Crippen molar-refractivity contribution in [2.45, 2.75) is 19.8 Å². The molecule has 96 valence electrons. The lowest BCUT2D eigenvalue weighted by Crippen LogP contribution is -1.96. The molecule has 0 atom stereocenters. The van der Waals surface area contributed by atoms with E-state index in [2.05, 4.69) is 10.1 Å². The van der Waals surface area contributed by atoms with Crippen LogP contribution in [0.2, 0.25) is 0 Å². The number of nitrogens with zero attached hydrogens (tertiary/aromatic N) is 3. The fourth-order valence-electron chi connectivity index (χ4n) is 2.13. The summed E-state index contributed by atoms with van der Waals surface area (Å²) in [6.45, 7) is 2.00. The Morgan fingerprint density at radius 3 is 2.74 bits per heavy atom. The van der Waals surface area contributed by atoms with Crippen LogP contribution in [0.1, 0.15) is 17.1 Å². The molecule has 0 fully saturated rings. The summed E-state index contributed by atoms with van der Waals surface area (Å²) in [5.74, 6) is 0.592. The minimum atomic E-state index is -0.198. The molecular formula is C15H14FN3. The van der Waals surface area contributed by atoms with Gasteiger partial charge < -0.3 is 0 Å². The number of aromatic nitrogens is 3. The molecule has 0 bridgehead atoms. The maximum absolute atomic E-state index is 13.1. The molecular weight excluding hydrogens is 241 g/mol. The second-order valence-corrected chi connectivity index (χ2v) is 4.60. The summed E-state index contributed by atoms with van der Waals surface area (Å²) in [6.07, 6.45) is 1.46. The number of halogens is 1. The smallest absolute Gasteiger partial charge is 0.155 e. The second-order valence-electron chi connectivity index (χ2n) is 4.60. The van der Waals surface area contributed by atoms with Crippen LogP contribution in [0, 0.1) is 12.7 Å². The van der Waals surface area contributed by atoms with Crippen molar-refractivity contribution in [2.24, 2.45) is 0 Å². The van der Waals surface area contributed by atoms with Crippen LogP contribution in [-0.2, 0) is 12.8 Å². The molecule has 0 saturated heterocycles. The monoisotopic (exact) mass is 255 g/mol. The highest BCUT2D eigenvalue weighted by Crippen LogP contribution is 2.09. The summed E-state index contributed by atoms with van der Waals surface area (Å²) >= 11 is 0. The fraction of sp³-hybridized carbons (Fsp3) is 0.200. The summed E-state index contributed by atoms with van der Waals surface area (Å²) in [7, 11) is 0. The highest BCUT2D eigenvalue weighted by Gasteiger charge is 2.05. The van der Waals surface area contributed by atoms with Crippen molar-refractivity contribution in [3.63, 3.8) is 0 Å². The predicted molar refractivity (Wildman–Crippen MR) is 71.5 cm³/mol. The van der Waals surface area contributed by atoms with Gasteiger partial charge in [0.2, 0.25) is 0 Å². The zero-order valence-electron chi connectivity index (χ0n) is 10.7. The molecule has 0 N–H and O–H groups in total. The largest absolute Gasteiger partial charge is 0.218 e. The lowest BCUT2D eigenvalue weighted by molar-refractivity contribution is 0.625. The normalized spacial score (nSPS) is 11.1. The Labute approximate surface area is 110 Å². The van der Waals surface area contributed by atoms with Crippen molar-refractivity contribution >= 4 is 5.65 Å². The third-order valence-corrected chi connectivity index (χ3v) is 3.12. The lowest BCUT2D eigenvalue weighted by atomic mass is 10.1. The van der Waals surface area contributed by atoms with Gasteiger partial charge in [0, 0.05) is 12.1 Å². The molecule has 0 unspecified atom stereocenters. The number of benzene rings is 1. The van der Waals surface area contributed by atoms with E-state index in [1.54, 1.807) is 12.1 Å². The molecule has 2 aromatic heterocycles. The van der Waals surface area contributed by atoms with Crippen LogP contribution in [0.5, 0.6) is 0 Å². The van der Waals surface area contributed by atoms with Crippen LogP contribution in [0.25, 0.3) is 5.65 Å². The van der Waals surface area contributed by atoms with Gasteiger partial charge in [0.05, 0.1) is 0 Å². The molecule has 0 amide bonds. The molecule has 2 heterocycles. The van der Waals surface area contributed by atoms with Gasteiger partial charge in [-0.2, -0.15) is 5.10 Å². The summed E-state index contributed by atoms with van der Waals surface area (Å²) in [5, 5.41) is 4.46. The van der Waals surface area contributed by atoms with E-state index in [0.717, 1.165) is 29.1 Å². The van der Waals surface area contributed by atoms with Gasteiger partial charge in [-0.25, -0.2) is 13.9 Å². The number of aryl methyl sites for hydroxylation is 3. The average Bonchev–Trinajstić information content (AvgIpc) is 2.81. The Balaban J connectivity index is 1.80. The fourth-order valence-corrected chi connectivity index (χ4v) is 2.13. The van der Waals surface area contributed by atoms with E-state index in [9.17, 15) is 4.39 Å². The Morgan fingerprint density at radius 2 is 1.95 bits per heavy atom. The van der Waals surface area contributed by atoms with Crippen LogP contribution >= 0.6 is 0 Å². The standard InChI is InChI=1S/C15H14FN3/c1-11-4-2-7-15-17-14(18-19(11)15)9-8-12-5-3-6-13(16)10-12/h2-7,10H,8-9H2,1H3. The van der Waals surface area contributed by atoms with E-state index >= 15 is 0 Å². The van der Waals surface area contributed by atoms with E-state index in [-0.39, 0.29) is 5.82 Å². The van der Waals surface area contributed by atoms with Crippen LogP contribution < -0.4 is 0 Å². The summed E-state index contributed by atoms with van der Waals surface area (Å²) < 4.78 is 14.9. The van der Waals surface area contributed by atoms with Crippen LogP contribution in [0.15, 0.2) is 42.5 Å². The summed E-state index contributed by atoms with van der Waals surface area (Å²) in [5.41, 5.74) is 2.88. The average molecular weight is 255 g/mol. The molecule has 19 heavy (non-hydrogen) atoms. The molecule has 0 aliphatic heterocycles. The van der Waals surface area contributed by atoms with Crippen molar-refractivity contribution in [2.75, 3.05) is 0 Å². The van der Waals surface area contributed by atoms with Gasteiger partial charge in [-0.3, -0.25) is 0 Å². The summed E-state index contributed by atoms with van der Waals surface area (Å²) in [6, 6.07) is 12.6. The van der Waals surface area contributed by atoms with Crippen molar-refractivity contribution in [3.8, 4) is 0 Å². The molecule has 0 spiro atoms. The van der Waals surface area contributed by atoms with Crippen molar-refractivity contribution in [3.05, 3.63) is 65.4 Å². The van der Waals surface area contributed by atoms with Gasteiger partial charge in [-0.1, -0.05) is 18.2 Å². The van der Waals surface area contributed by atoms with Gasteiger partial charge in [0.25, 0.3) is 0 Å². The number of pyridine rings is 1. The van der Waals surface area contributed by atoms with Gasteiger partial charge in [0.1, 0.15) is 5.82 Å². The maximum Gasteiger partial charge on any atom is 0.155 e. The van der Waals surface area contributed by atoms with Crippen LogP contribution in [0.4, 0.5) is 4.39 Å². The molecule has 4 heteroatoms. The van der Waals surface area contributed by atoms with E-state index in [4.69, 9.17) is 0 Å². The van der Waals surface area contributed by atoms with Crippen molar-refractivity contribution < 1.29 is 4.39 Å². The van der Waals surface area contributed by atoms with Gasteiger partial charge in [-0.15, -0.1) is 0 Å². The Kier molecular flexibility index (Phi) is 2.99. The molecule has 1 aromatic carbocycles. The first kappa shape index (κ1) is 11.8. The molecule has 0 radical (unpaired) electrons.